The highest BCUT2D eigenvalue weighted by molar-refractivity contribution is 5.77. The van der Waals surface area contributed by atoms with E-state index in [4.69, 9.17) is 5.73 Å². The van der Waals surface area contributed by atoms with Crippen LogP contribution in [0.4, 0.5) is 19.1 Å². The van der Waals surface area contributed by atoms with Gasteiger partial charge in [0.1, 0.15) is 0 Å². The molecule has 4 rings (SSSR count). The van der Waals surface area contributed by atoms with E-state index in [1.165, 1.54) is 5.70 Å². The van der Waals surface area contributed by atoms with Crippen LogP contribution in [-0.4, -0.2) is 58.4 Å². The number of piperazine rings is 1. The molecule has 10 heteroatoms. The number of allylic oxidation sites excluding steroid dienone is 4. The van der Waals surface area contributed by atoms with Crippen molar-refractivity contribution in [3.05, 3.63) is 76.4 Å². The van der Waals surface area contributed by atoms with Crippen LogP contribution >= 0.6 is 0 Å². The van der Waals surface area contributed by atoms with Gasteiger partial charge in [-0.05, 0) is 55.5 Å². The number of benzene rings is 1. The molecular formula is C27H33F3N6O. The molecule has 1 aromatic carbocycles. The Morgan fingerprint density at radius 2 is 1.78 bits per heavy atom. The molecule has 2 aliphatic rings. The molecule has 7 nitrogen and oxygen atoms in total. The molecule has 37 heavy (non-hydrogen) atoms. The molecule has 1 aliphatic heterocycles. The molecule has 2 aromatic rings. The van der Waals surface area contributed by atoms with Gasteiger partial charge in [0.2, 0.25) is 11.9 Å². The zero-order valence-electron chi connectivity index (χ0n) is 21.0. The van der Waals surface area contributed by atoms with Gasteiger partial charge in [-0.15, -0.1) is 0 Å². The van der Waals surface area contributed by atoms with E-state index < -0.39 is 17.6 Å². The number of carbonyl (C=O) groups is 1. The Labute approximate surface area is 215 Å². The summed E-state index contributed by atoms with van der Waals surface area (Å²) in [7, 11) is 0. The van der Waals surface area contributed by atoms with Gasteiger partial charge in [-0.25, -0.2) is 9.97 Å². The molecule has 0 spiro atoms. The van der Waals surface area contributed by atoms with Gasteiger partial charge in [-0.3, -0.25) is 4.79 Å². The number of nitrogens with one attached hydrogen (secondary N) is 1. The van der Waals surface area contributed by atoms with Crippen molar-refractivity contribution in [2.24, 2.45) is 5.73 Å². The van der Waals surface area contributed by atoms with Gasteiger partial charge in [0, 0.05) is 43.8 Å². The minimum absolute atomic E-state index is 0.0385. The smallest absolute Gasteiger partial charge is 0.372 e. The zero-order valence-corrected chi connectivity index (χ0v) is 21.0. The molecule has 0 saturated carbocycles. The van der Waals surface area contributed by atoms with Gasteiger partial charge in [0.05, 0.1) is 17.7 Å². The number of halogens is 3. The number of primary amides is 1. The van der Waals surface area contributed by atoms with Crippen molar-refractivity contribution < 1.29 is 18.0 Å². The SMILES string of the molecule is CCN1CCN(C2=CC=C(Nc3ncc(C(F)(F)F)c(CCc4ccccc4CC(N)=O)n3)CC2)CC1. The molecule has 0 unspecified atom stereocenters. The highest BCUT2D eigenvalue weighted by atomic mass is 19.4. The van der Waals surface area contributed by atoms with Crippen molar-refractivity contribution in [3.8, 4) is 0 Å². The number of likely N-dealkylation sites (N-methyl/N-ethyl adjacent to an activating group) is 1. The number of hydrogen-bond acceptors (Lipinski definition) is 6. The number of carbonyl (C=O) groups excluding carboxylic acids is 1. The second kappa shape index (κ2) is 11.8. The second-order valence-corrected chi connectivity index (χ2v) is 9.36. The van der Waals surface area contributed by atoms with E-state index in [0.29, 0.717) is 12.0 Å². The Kier molecular flexibility index (Phi) is 8.48. The van der Waals surface area contributed by atoms with E-state index in [1.54, 1.807) is 24.3 Å². The summed E-state index contributed by atoms with van der Waals surface area (Å²) in [6.07, 6.45) is 2.30. The van der Waals surface area contributed by atoms with Gasteiger partial charge in [0.25, 0.3) is 0 Å². The van der Waals surface area contributed by atoms with Crippen LogP contribution in [0, 0.1) is 0 Å². The maximum Gasteiger partial charge on any atom is 0.419 e. The summed E-state index contributed by atoms with van der Waals surface area (Å²) in [4.78, 5) is 24.4. The Hall–Kier alpha value is -3.40. The topological polar surface area (TPSA) is 87.4 Å². The van der Waals surface area contributed by atoms with Gasteiger partial charge < -0.3 is 20.9 Å². The average molecular weight is 515 g/mol. The number of rotatable bonds is 9. The summed E-state index contributed by atoms with van der Waals surface area (Å²) in [5, 5.41) is 3.11. The Morgan fingerprint density at radius 1 is 1.05 bits per heavy atom. The van der Waals surface area contributed by atoms with E-state index in [0.717, 1.165) is 63.0 Å². The lowest BCUT2D eigenvalue weighted by Crippen LogP contribution is -2.45. The van der Waals surface area contributed by atoms with E-state index in [2.05, 4.69) is 38.1 Å². The third kappa shape index (κ3) is 7.09. The van der Waals surface area contributed by atoms with Crippen LogP contribution in [-0.2, 0) is 30.2 Å². The molecule has 0 radical (unpaired) electrons. The molecule has 1 saturated heterocycles. The van der Waals surface area contributed by atoms with Gasteiger partial charge in [-0.1, -0.05) is 31.2 Å². The fourth-order valence-electron chi connectivity index (χ4n) is 4.81. The Bertz CT molecular complexity index is 1170. The van der Waals surface area contributed by atoms with Crippen molar-refractivity contribution in [1.29, 1.82) is 0 Å². The van der Waals surface area contributed by atoms with Crippen molar-refractivity contribution in [2.45, 2.75) is 45.2 Å². The maximum atomic E-state index is 13.7. The van der Waals surface area contributed by atoms with Gasteiger partial charge in [0.15, 0.2) is 0 Å². The fraction of sp³-hybridized carbons (Fsp3) is 0.444. The minimum atomic E-state index is -4.57. The van der Waals surface area contributed by atoms with Crippen LogP contribution in [0.3, 0.4) is 0 Å². The molecule has 3 N–H and O–H groups in total. The molecule has 198 valence electrons. The number of anilines is 1. The summed E-state index contributed by atoms with van der Waals surface area (Å²) in [5.41, 5.74) is 8.02. The summed E-state index contributed by atoms with van der Waals surface area (Å²) < 4.78 is 41.1. The first kappa shape index (κ1) is 26.7. The van der Waals surface area contributed by atoms with Gasteiger partial charge >= 0.3 is 6.18 Å². The van der Waals surface area contributed by atoms with Crippen LogP contribution in [0.25, 0.3) is 0 Å². The first-order valence-electron chi connectivity index (χ1n) is 12.6. The van der Waals surface area contributed by atoms with Crippen LogP contribution in [0.2, 0.25) is 0 Å². The molecule has 1 aliphatic carbocycles. The highest BCUT2D eigenvalue weighted by Gasteiger charge is 2.35. The predicted molar refractivity (Wildman–Crippen MR) is 136 cm³/mol. The van der Waals surface area contributed by atoms with Crippen LogP contribution in [0.15, 0.2) is 54.0 Å². The summed E-state index contributed by atoms with van der Waals surface area (Å²) >= 11 is 0. The number of nitrogens with two attached hydrogens (primary N) is 1. The van der Waals surface area contributed by atoms with Crippen LogP contribution in [0.1, 0.15) is 42.1 Å². The monoisotopic (exact) mass is 514 g/mol. The largest absolute Gasteiger partial charge is 0.419 e. The number of aryl methyl sites for hydroxylation is 2. The number of aromatic nitrogens is 2. The zero-order chi connectivity index (χ0) is 26.4. The third-order valence-electron chi connectivity index (χ3n) is 6.91. The third-order valence-corrected chi connectivity index (χ3v) is 6.91. The van der Waals surface area contributed by atoms with Crippen molar-refractivity contribution in [2.75, 3.05) is 38.0 Å². The molecule has 1 amide bonds. The van der Waals surface area contributed by atoms with E-state index >= 15 is 0 Å². The predicted octanol–water partition coefficient (Wildman–Crippen LogP) is 3.92. The fourth-order valence-corrected chi connectivity index (χ4v) is 4.81. The standard InChI is InChI=1S/C27H33F3N6O/c1-2-35-13-15-36(16-14-35)22-10-8-21(9-11-22)33-26-32-18-23(27(28,29)30)24(34-26)12-7-19-5-3-4-6-20(19)17-25(31)37/h3-6,8,10,18H,2,7,9,11-17H2,1H3,(H2,31,37)(H,32,33,34). The average Bonchev–Trinajstić information content (AvgIpc) is 2.88. The Morgan fingerprint density at radius 3 is 2.41 bits per heavy atom. The summed E-state index contributed by atoms with van der Waals surface area (Å²) in [6.45, 7) is 7.36. The molecule has 0 bridgehead atoms. The Balaban J connectivity index is 1.47. The number of alkyl halides is 3. The quantitative estimate of drug-likeness (QED) is 0.528. The lowest BCUT2D eigenvalue weighted by molar-refractivity contribution is -0.138. The lowest BCUT2D eigenvalue weighted by Gasteiger charge is -2.37. The van der Waals surface area contributed by atoms with Crippen molar-refractivity contribution >= 4 is 11.9 Å². The number of amides is 1. The summed E-state index contributed by atoms with van der Waals surface area (Å²) in [5.74, 6) is -0.341. The maximum absolute atomic E-state index is 13.7. The van der Waals surface area contributed by atoms with Crippen LogP contribution in [0.5, 0.6) is 0 Å². The second-order valence-electron chi connectivity index (χ2n) is 9.36. The summed E-state index contributed by atoms with van der Waals surface area (Å²) in [6, 6.07) is 7.13. The number of hydrogen-bond donors (Lipinski definition) is 2. The van der Waals surface area contributed by atoms with Crippen molar-refractivity contribution in [1.82, 2.24) is 19.8 Å². The van der Waals surface area contributed by atoms with E-state index in [-0.39, 0.29) is 24.5 Å². The van der Waals surface area contributed by atoms with E-state index in [9.17, 15) is 18.0 Å². The van der Waals surface area contributed by atoms with Gasteiger partial charge in [-0.2, -0.15) is 13.2 Å². The molecule has 1 fully saturated rings. The van der Waals surface area contributed by atoms with Crippen LogP contribution < -0.4 is 11.1 Å². The number of nitrogens with zero attached hydrogens (tertiary/aromatic N) is 4. The first-order valence-corrected chi connectivity index (χ1v) is 12.6. The normalized spacial score (nSPS) is 16.8. The molecule has 2 heterocycles. The lowest BCUT2D eigenvalue weighted by atomic mass is 9.98. The molecule has 1 aromatic heterocycles. The first-order chi connectivity index (χ1) is 17.7. The minimum Gasteiger partial charge on any atom is -0.372 e. The highest BCUT2D eigenvalue weighted by Crippen LogP contribution is 2.32. The molecular weight excluding hydrogens is 481 g/mol. The van der Waals surface area contributed by atoms with E-state index in [1.807, 2.05) is 6.08 Å². The molecule has 0 atom stereocenters. The van der Waals surface area contributed by atoms with Crippen molar-refractivity contribution in [3.63, 3.8) is 0 Å².